The summed E-state index contributed by atoms with van der Waals surface area (Å²) in [6.45, 7) is 0.465. The van der Waals surface area contributed by atoms with Crippen molar-refractivity contribution < 1.29 is 0 Å². The fraction of sp³-hybridized carbons (Fsp3) is 0.111. The molecule has 0 N–H and O–H groups in total. The summed E-state index contributed by atoms with van der Waals surface area (Å²) >= 11 is 12.9. The predicted octanol–water partition coefficient (Wildman–Crippen LogP) is 2.66. The molecule has 0 saturated heterocycles. The summed E-state index contributed by atoms with van der Waals surface area (Å²) in [5, 5.41) is 3.93. The zero-order chi connectivity index (χ0) is 10.8. The lowest BCUT2D eigenvalue weighted by Crippen LogP contribution is -2.21. The largest absolute Gasteiger partial charge is 0.293 e. The van der Waals surface area contributed by atoms with Crippen molar-refractivity contribution in [3.05, 3.63) is 49.2 Å². The molecule has 15 heavy (non-hydrogen) atoms. The second-order valence-electron chi connectivity index (χ2n) is 2.91. The highest BCUT2D eigenvalue weighted by Gasteiger charge is 2.07. The van der Waals surface area contributed by atoms with Gasteiger partial charge in [0.15, 0.2) is 5.15 Å². The van der Waals surface area contributed by atoms with Gasteiger partial charge in [-0.1, -0.05) is 23.2 Å². The maximum atomic E-state index is 11.6. The first-order chi connectivity index (χ1) is 7.18. The Morgan fingerprint density at radius 2 is 2.27 bits per heavy atom. The van der Waals surface area contributed by atoms with Gasteiger partial charge in [-0.2, -0.15) is 11.3 Å². The first-order valence-corrected chi connectivity index (χ1v) is 5.80. The molecule has 2 aromatic rings. The molecule has 0 aromatic carbocycles. The molecule has 0 saturated carbocycles. The van der Waals surface area contributed by atoms with Gasteiger partial charge < -0.3 is 0 Å². The molecule has 2 aromatic heterocycles. The van der Waals surface area contributed by atoms with E-state index in [9.17, 15) is 4.79 Å². The lowest BCUT2D eigenvalue weighted by atomic mass is 10.3. The third kappa shape index (κ3) is 2.22. The Morgan fingerprint density at radius 3 is 2.93 bits per heavy atom. The van der Waals surface area contributed by atoms with Crippen LogP contribution in [0.3, 0.4) is 0 Å². The molecule has 0 atom stereocenters. The van der Waals surface area contributed by atoms with Crippen molar-refractivity contribution in [2.45, 2.75) is 6.54 Å². The van der Waals surface area contributed by atoms with Crippen molar-refractivity contribution in [1.82, 2.24) is 9.55 Å². The number of aromatic nitrogens is 2. The topological polar surface area (TPSA) is 34.9 Å². The molecule has 2 rings (SSSR count). The highest BCUT2D eigenvalue weighted by Crippen LogP contribution is 2.13. The van der Waals surface area contributed by atoms with Crippen molar-refractivity contribution in [2.75, 3.05) is 0 Å². The lowest BCUT2D eigenvalue weighted by Gasteiger charge is -2.03. The van der Waals surface area contributed by atoms with Gasteiger partial charge in [0, 0.05) is 0 Å². The van der Waals surface area contributed by atoms with Crippen molar-refractivity contribution in [3.63, 3.8) is 0 Å². The highest BCUT2D eigenvalue weighted by molar-refractivity contribution is 7.07. The van der Waals surface area contributed by atoms with Crippen LogP contribution in [0.25, 0.3) is 0 Å². The van der Waals surface area contributed by atoms with Crippen LogP contribution in [0.4, 0.5) is 0 Å². The van der Waals surface area contributed by atoms with Gasteiger partial charge in [-0.15, -0.1) is 0 Å². The number of halogens is 2. The Labute approximate surface area is 99.9 Å². The minimum Gasteiger partial charge on any atom is -0.293 e. The van der Waals surface area contributed by atoms with E-state index in [1.807, 2.05) is 16.8 Å². The first kappa shape index (κ1) is 10.7. The Hall–Kier alpha value is -0.840. The van der Waals surface area contributed by atoms with E-state index in [-0.39, 0.29) is 15.7 Å². The van der Waals surface area contributed by atoms with Gasteiger partial charge in [-0.25, -0.2) is 4.98 Å². The van der Waals surface area contributed by atoms with Crippen LogP contribution < -0.4 is 5.56 Å². The van der Waals surface area contributed by atoms with Crippen LogP contribution >= 0.6 is 34.5 Å². The average molecular weight is 261 g/mol. The normalized spacial score (nSPS) is 10.5. The third-order valence-corrected chi connectivity index (χ3v) is 3.33. The molecular weight excluding hydrogens is 255 g/mol. The van der Waals surface area contributed by atoms with Crippen molar-refractivity contribution in [1.29, 1.82) is 0 Å². The Kier molecular flexibility index (Phi) is 3.09. The van der Waals surface area contributed by atoms with Gasteiger partial charge >= 0.3 is 0 Å². The fourth-order valence-electron chi connectivity index (χ4n) is 1.14. The number of thiophene rings is 1. The minimum atomic E-state index is -0.317. The number of rotatable bonds is 2. The van der Waals surface area contributed by atoms with E-state index in [0.717, 1.165) is 5.56 Å². The first-order valence-electron chi connectivity index (χ1n) is 4.10. The van der Waals surface area contributed by atoms with E-state index in [1.54, 1.807) is 11.3 Å². The van der Waals surface area contributed by atoms with Gasteiger partial charge in [0.1, 0.15) is 5.02 Å². The Bertz CT molecular complexity index is 521. The van der Waals surface area contributed by atoms with Crippen LogP contribution in [0.1, 0.15) is 5.56 Å². The van der Waals surface area contributed by atoms with E-state index in [0.29, 0.717) is 6.54 Å². The highest BCUT2D eigenvalue weighted by atomic mass is 35.5. The standard InChI is InChI=1S/C9H6Cl2N2OS/c10-7-8(11)12-5-13(9(7)14)3-6-1-2-15-4-6/h1-2,4-5H,3H2. The Morgan fingerprint density at radius 1 is 1.47 bits per heavy atom. The summed E-state index contributed by atoms with van der Waals surface area (Å²) in [5.74, 6) is 0. The average Bonchev–Trinajstić information content (AvgIpc) is 2.72. The van der Waals surface area contributed by atoms with E-state index < -0.39 is 0 Å². The minimum absolute atomic E-state index is 0.0330. The lowest BCUT2D eigenvalue weighted by molar-refractivity contribution is 0.738. The van der Waals surface area contributed by atoms with Crippen LogP contribution in [-0.4, -0.2) is 9.55 Å². The molecule has 78 valence electrons. The molecule has 6 heteroatoms. The van der Waals surface area contributed by atoms with Crippen LogP contribution in [0, 0.1) is 0 Å². The SMILES string of the molecule is O=c1c(Cl)c(Cl)ncn1Cc1ccsc1. The van der Waals surface area contributed by atoms with E-state index in [2.05, 4.69) is 4.98 Å². The maximum absolute atomic E-state index is 11.6. The molecule has 0 aliphatic carbocycles. The molecule has 0 radical (unpaired) electrons. The molecule has 0 spiro atoms. The summed E-state index contributed by atoms with van der Waals surface area (Å²) < 4.78 is 1.43. The molecule has 0 fully saturated rings. The van der Waals surface area contributed by atoms with Crippen LogP contribution in [0.5, 0.6) is 0 Å². The van der Waals surface area contributed by atoms with Gasteiger partial charge in [0.05, 0.1) is 12.9 Å². The summed E-state index contributed by atoms with van der Waals surface area (Å²) in [6, 6.07) is 1.94. The number of nitrogens with zero attached hydrogens (tertiary/aromatic N) is 2. The quantitative estimate of drug-likeness (QED) is 0.779. The smallest absolute Gasteiger partial charge is 0.273 e. The summed E-state index contributed by atoms with van der Waals surface area (Å²) in [4.78, 5) is 15.4. The third-order valence-electron chi connectivity index (χ3n) is 1.87. The van der Waals surface area contributed by atoms with Gasteiger partial charge in [0.2, 0.25) is 0 Å². The van der Waals surface area contributed by atoms with Gasteiger partial charge in [-0.3, -0.25) is 9.36 Å². The second-order valence-corrected chi connectivity index (χ2v) is 4.43. The van der Waals surface area contributed by atoms with Crippen LogP contribution in [0.2, 0.25) is 10.2 Å². The van der Waals surface area contributed by atoms with Crippen LogP contribution in [-0.2, 0) is 6.54 Å². The van der Waals surface area contributed by atoms with Crippen molar-refractivity contribution in [3.8, 4) is 0 Å². The fourth-order valence-corrected chi connectivity index (χ4v) is 2.08. The Balaban J connectivity index is 2.38. The van der Waals surface area contributed by atoms with Crippen molar-refractivity contribution >= 4 is 34.5 Å². The second kappa shape index (κ2) is 4.35. The van der Waals surface area contributed by atoms with E-state index in [1.165, 1.54) is 10.9 Å². The summed E-state index contributed by atoms with van der Waals surface area (Å²) in [5.41, 5.74) is 0.727. The molecular formula is C9H6Cl2N2OS. The monoisotopic (exact) mass is 260 g/mol. The van der Waals surface area contributed by atoms with E-state index in [4.69, 9.17) is 23.2 Å². The zero-order valence-corrected chi connectivity index (χ0v) is 9.81. The summed E-state index contributed by atoms with van der Waals surface area (Å²) in [6.07, 6.45) is 1.40. The molecule has 0 aliphatic rings. The number of hydrogen-bond donors (Lipinski definition) is 0. The molecule has 0 unspecified atom stereocenters. The summed E-state index contributed by atoms with van der Waals surface area (Å²) in [7, 11) is 0. The van der Waals surface area contributed by atoms with E-state index >= 15 is 0 Å². The predicted molar refractivity (Wildman–Crippen MR) is 61.9 cm³/mol. The molecule has 0 aliphatic heterocycles. The van der Waals surface area contributed by atoms with Gasteiger partial charge in [0.25, 0.3) is 5.56 Å². The van der Waals surface area contributed by atoms with Crippen molar-refractivity contribution in [2.24, 2.45) is 0 Å². The molecule has 0 amide bonds. The van der Waals surface area contributed by atoms with Crippen LogP contribution in [0.15, 0.2) is 27.9 Å². The molecule has 2 heterocycles. The van der Waals surface area contributed by atoms with Gasteiger partial charge in [-0.05, 0) is 22.4 Å². The number of hydrogen-bond acceptors (Lipinski definition) is 3. The molecule has 3 nitrogen and oxygen atoms in total. The maximum Gasteiger partial charge on any atom is 0.273 e. The molecule has 0 bridgehead atoms. The zero-order valence-electron chi connectivity index (χ0n) is 7.48.